The molecule has 16 heavy (non-hydrogen) atoms. The average molecular weight is 221 g/mol. The number of amides is 1. The normalized spacial score (nSPS) is 18.1. The van der Waals surface area contributed by atoms with Gasteiger partial charge in [0, 0.05) is 19.3 Å². The van der Waals surface area contributed by atoms with E-state index in [1.54, 1.807) is 17.1 Å². The molecule has 0 aliphatic heterocycles. The van der Waals surface area contributed by atoms with Crippen molar-refractivity contribution in [3.8, 4) is 0 Å². The highest BCUT2D eigenvalue weighted by atomic mass is 16.1. The summed E-state index contributed by atoms with van der Waals surface area (Å²) in [5.41, 5.74) is 0.659. The van der Waals surface area contributed by atoms with Gasteiger partial charge in [-0.3, -0.25) is 9.48 Å². The summed E-state index contributed by atoms with van der Waals surface area (Å²) in [5.74, 6) is 0.0139. The molecule has 2 rings (SSSR count). The zero-order valence-corrected chi connectivity index (χ0v) is 9.78. The largest absolute Gasteiger partial charge is 0.349 e. The highest BCUT2D eigenvalue weighted by Crippen LogP contribution is 2.17. The van der Waals surface area contributed by atoms with E-state index in [1.807, 2.05) is 7.05 Å². The number of nitrogens with zero attached hydrogens (tertiary/aromatic N) is 2. The van der Waals surface area contributed by atoms with Crippen LogP contribution in [0.2, 0.25) is 0 Å². The Morgan fingerprint density at radius 2 is 2.06 bits per heavy atom. The van der Waals surface area contributed by atoms with Crippen LogP contribution < -0.4 is 5.32 Å². The minimum absolute atomic E-state index is 0.0139. The molecule has 1 N–H and O–H groups in total. The van der Waals surface area contributed by atoms with Gasteiger partial charge in [0.15, 0.2) is 0 Å². The highest BCUT2D eigenvalue weighted by Gasteiger charge is 2.16. The number of aryl methyl sites for hydroxylation is 1. The fourth-order valence-corrected chi connectivity index (χ4v) is 2.23. The molecule has 1 aromatic rings. The van der Waals surface area contributed by atoms with Crippen LogP contribution >= 0.6 is 0 Å². The number of carbonyl (C=O) groups is 1. The van der Waals surface area contributed by atoms with Gasteiger partial charge in [-0.2, -0.15) is 5.10 Å². The van der Waals surface area contributed by atoms with Crippen LogP contribution in [0.1, 0.15) is 48.9 Å². The van der Waals surface area contributed by atoms with Crippen LogP contribution in [0.4, 0.5) is 0 Å². The van der Waals surface area contributed by atoms with Gasteiger partial charge in [0.1, 0.15) is 0 Å². The Kier molecular flexibility index (Phi) is 3.59. The number of nitrogens with one attached hydrogen (secondary N) is 1. The Morgan fingerprint density at radius 1 is 1.38 bits per heavy atom. The van der Waals surface area contributed by atoms with Gasteiger partial charge in [0.2, 0.25) is 0 Å². The summed E-state index contributed by atoms with van der Waals surface area (Å²) in [7, 11) is 1.82. The molecule has 0 saturated heterocycles. The molecule has 1 amide bonds. The number of aromatic nitrogens is 2. The van der Waals surface area contributed by atoms with Crippen LogP contribution in [0.25, 0.3) is 0 Å². The Bertz CT molecular complexity index is 351. The summed E-state index contributed by atoms with van der Waals surface area (Å²) < 4.78 is 1.65. The number of hydrogen-bond acceptors (Lipinski definition) is 2. The molecule has 0 radical (unpaired) electrons. The van der Waals surface area contributed by atoms with Crippen molar-refractivity contribution >= 4 is 5.91 Å². The summed E-state index contributed by atoms with van der Waals surface area (Å²) in [5, 5.41) is 7.10. The van der Waals surface area contributed by atoms with E-state index in [0.29, 0.717) is 11.6 Å². The number of carbonyl (C=O) groups excluding carboxylic acids is 1. The van der Waals surface area contributed by atoms with Crippen molar-refractivity contribution in [1.82, 2.24) is 15.1 Å². The third kappa shape index (κ3) is 2.84. The summed E-state index contributed by atoms with van der Waals surface area (Å²) in [4.78, 5) is 11.9. The van der Waals surface area contributed by atoms with Crippen LogP contribution in [0.3, 0.4) is 0 Å². The van der Waals surface area contributed by atoms with Crippen LogP contribution in [-0.2, 0) is 7.05 Å². The lowest BCUT2D eigenvalue weighted by Gasteiger charge is -2.15. The standard InChI is InChI=1S/C12H19N3O/c1-15-9-10(8-13-15)12(16)14-11-6-4-2-3-5-7-11/h8-9,11H,2-7H2,1H3,(H,14,16). The molecule has 1 heterocycles. The minimum Gasteiger partial charge on any atom is -0.349 e. The second-order valence-electron chi connectivity index (χ2n) is 4.56. The smallest absolute Gasteiger partial charge is 0.254 e. The van der Waals surface area contributed by atoms with Crippen molar-refractivity contribution in [2.24, 2.45) is 7.05 Å². The maximum absolute atomic E-state index is 11.9. The van der Waals surface area contributed by atoms with Crippen molar-refractivity contribution in [3.05, 3.63) is 18.0 Å². The molecule has 88 valence electrons. The van der Waals surface area contributed by atoms with Gasteiger partial charge >= 0.3 is 0 Å². The molecule has 1 aliphatic carbocycles. The van der Waals surface area contributed by atoms with Crippen LogP contribution in [0.5, 0.6) is 0 Å². The molecule has 0 aromatic carbocycles. The van der Waals surface area contributed by atoms with Gasteiger partial charge in [0.25, 0.3) is 5.91 Å². The first-order valence-corrected chi connectivity index (χ1v) is 6.05. The van der Waals surface area contributed by atoms with Gasteiger partial charge in [-0.1, -0.05) is 25.7 Å². The van der Waals surface area contributed by atoms with E-state index in [2.05, 4.69) is 10.4 Å². The Balaban J connectivity index is 1.90. The van der Waals surface area contributed by atoms with Gasteiger partial charge in [-0.05, 0) is 12.8 Å². The van der Waals surface area contributed by atoms with Crippen molar-refractivity contribution in [3.63, 3.8) is 0 Å². The van der Waals surface area contributed by atoms with Crippen molar-refractivity contribution in [1.29, 1.82) is 0 Å². The molecule has 4 heteroatoms. The SMILES string of the molecule is Cn1cc(C(=O)NC2CCCCCC2)cn1. The van der Waals surface area contributed by atoms with E-state index < -0.39 is 0 Å². The van der Waals surface area contributed by atoms with E-state index in [9.17, 15) is 4.79 Å². The summed E-state index contributed by atoms with van der Waals surface area (Å²) >= 11 is 0. The minimum atomic E-state index is 0.0139. The molecule has 0 atom stereocenters. The molecule has 1 aliphatic rings. The highest BCUT2D eigenvalue weighted by molar-refractivity contribution is 5.93. The summed E-state index contributed by atoms with van der Waals surface area (Å²) in [6, 6.07) is 0.357. The molecule has 0 unspecified atom stereocenters. The first-order valence-electron chi connectivity index (χ1n) is 6.05. The van der Waals surface area contributed by atoms with E-state index >= 15 is 0 Å². The zero-order chi connectivity index (χ0) is 11.4. The zero-order valence-electron chi connectivity index (χ0n) is 9.78. The molecular weight excluding hydrogens is 202 g/mol. The average Bonchev–Trinajstić information content (AvgIpc) is 2.54. The lowest BCUT2D eigenvalue weighted by Crippen LogP contribution is -2.34. The maximum atomic E-state index is 11.9. The molecule has 1 fully saturated rings. The molecule has 1 saturated carbocycles. The second kappa shape index (κ2) is 5.14. The molecule has 0 spiro atoms. The van der Waals surface area contributed by atoms with Gasteiger partial charge in [-0.25, -0.2) is 0 Å². The van der Waals surface area contributed by atoms with Gasteiger partial charge in [-0.15, -0.1) is 0 Å². The Labute approximate surface area is 96.0 Å². The predicted molar refractivity (Wildman–Crippen MR) is 62.2 cm³/mol. The van der Waals surface area contributed by atoms with Crippen molar-refractivity contribution in [2.75, 3.05) is 0 Å². The van der Waals surface area contributed by atoms with E-state index in [1.165, 1.54) is 25.7 Å². The third-order valence-electron chi connectivity index (χ3n) is 3.16. The molecule has 0 bridgehead atoms. The predicted octanol–water partition coefficient (Wildman–Crippen LogP) is 1.87. The van der Waals surface area contributed by atoms with Crippen LogP contribution in [-0.4, -0.2) is 21.7 Å². The van der Waals surface area contributed by atoms with Crippen LogP contribution in [0, 0.1) is 0 Å². The third-order valence-corrected chi connectivity index (χ3v) is 3.16. The van der Waals surface area contributed by atoms with Gasteiger partial charge < -0.3 is 5.32 Å². The quantitative estimate of drug-likeness (QED) is 0.775. The van der Waals surface area contributed by atoms with E-state index in [0.717, 1.165) is 12.8 Å². The molecule has 4 nitrogen and oxygen atoms in total. The van der Waals surface area contributed by atoms with E-state index in [-0.39, 0.29) is 5.91 Å². The topological polar surface area (TPSA) is 46.9 Å². The first kappa shape index (κ1) is 11.2. The van der Waals surface area contributed by atoms with Crippen LogP contribution in [0.15, 0.2) is 12.4 Å². The van der Waals surface area contributed by atoms with Crippen molar-refractivity contribution in [2.45, 2.75) is 44.6 Å². The van der Waals surface area contributed by atoms with Crippen molar-refractivity contribution < 1.29 is 4.79 Å². The Morgan fingerprint density at radius 3 is 2.62 bits per heavy atom. The summed E-state index contributed by atoms with van der Waals surface area (Å²) in [6.45, 7) is 0. The number of hydrogen-bond donors (Lipinski definition) is 1. The second-order valence-corrected chi connectivity index (χ2v) is 4.56. The Hall–Kier alpha value is -1.32. The van der Waals surface area contributed by atoms with Gasteiger partial charge in [0.05, 0.1) is 11.8 Å². The molecule has 1 aromatic heterocycles. The molecular formula is C12H19N3O. The summed E-state index contributed by atoms with van der Waals surface area (Å²) in [6.07, 6.45) is 10.7. The monoisotopic (exact) mass is 221 g/mol. The number of rotatable bonds is 2. The van der Waals surface area contributed by atoms with E-state index in [4.69, 9.17) is 0 Å². The first-order chi connectivity index (χ1) is 7.75. The fraction of sp³-hybridized carbons (Fsp3) is 0.667. The fourth-order valence-electron chi connectivity index (χ4n) is 2.23. The lowest BCUT2D eigenvalue weighted by molar-refractivity contribution is 0.0933. The lowest BCUT2D eigenvalue weighted by atomic mass is 10.1. The maximum Gasteiger partial charge on any atom is 0.254 e.